The third kappa shape index (κ3) is 4.59. The molecule has 6 nitrogen and oxygen atoms in total. The first-order valence-corrected chi connectivity index (χ1v) is 7.59. The average Bonchev–Trinajstić information content (AvgIpc) is 2.96. The average molecular weight is 307 g/mol. The van der Waals surface area contributed by atoms with Crippen molar-refractivity contribution in [2.45, 2.75) is 12.8 Å². The van der Waals surface area contributed by atoms with Gasteiger partial charge in [-0.25, -0.2) is 4.98 Å². The van der Waals surface area contributed by atoms with Crippen molar-refractivity contribution in [3.8, 4) is 11.3 Å². The Kier molecular flexibility index (Phi) is 5.79. The summed E-state index contributed by atoms with van der Waals surface area (Å²) in [6.07, 6.45) is 1.59. The molecule has 112 valence electrons. The Morgan fingerprint density at radius 2 is 2.05 bits per heavy atom. The highest BCUT2D eigenvalue weighted by Crippen LogP contribution is 2.24. The number of hydrogen-bond acceptors (Lipinski definition) is 6. The Bertz CT molecular complexity index is 583. The Morgan fingerprint density at radius 3 is 2.71 bits per heavy atom. The van der Waals surface area contributed by atoms with Gasteiger partial charge in [0.1, 0.15) is 0 Å². The minimum absolute atomic E-state index is 0.0855. The van der Waals surface area contributed by atoms with E-state index in [1.165, 1.54) is 12.1 Å². The number of rotatable bonds is 8. The summed E-state index contributed by atoms with van der Waals surface area (Å²) in [5.41, 5.74) is 1.82. The number of nitro benzene ring substituents is 1. The fourth-order valence-corrected chi connectivity index (χ4v) is 2.64. The van der Waals surface area contributed by atoms with Gasteiger partial charge in [0.2, 0.25) is 0 Å². The van der Waals surface area contributed by atoms with Crippen LogP contribution in [-0.2, 0) is 6.42 Å². The van der Waals surface area contributed by atoms with Crippen molar-refractivity contribution < 1.29 is 10.0 Å². The van der Waals surface area contributed by atoms with Crippen molar-refractivity contribution >= 4 is 17.0 Å². The van der Waals surface area contributed by atoms with Crippen LogP contribution in [0.25, 0.3) is 11.3 Å². The third-order valence-corrected chi connectivity index (χ3v) is 3.86. The maximum Gasteiger partial charge on any atom is 0.269 e. The molecule has 0 spiro atoms. The zero-order chi connectivity index (χ0) is 15.1. The molecule has 2 N–H and O–H groups in total. The minimum atomic E-state index is -0.408. The van der Waals surface area contributed by atoms with Gasteiger partial charge in [-0.2, -0.15) is 0 Å². The summed E-state index contributed by atoms with van der Waals surface area (Å²) in [6.45, 7) is 1.83. The standard InChI is InChI=1S/C14H17N3O3S/c18-9-1-7-15-8-6-14-16-13(10-21-14)11-2-4-12(5-3-11)17(19)20/h2-5,10,15,18H,1,6-9H2. The monoisotopic (exact) mass is 307 g/mol. The van der Waals surface area contributed by atoms with Gasteiger partial charge in [-0.05, 0) is 25.1 Å². The van der Waals surface area contributed by atoms with E-state index in [9.17, 15) is 10.1 Å². The van der Waals surface area contributed by atoms with Crippen molar-refractivity contribution in [2.24, 2.45) is 0 Å². The van der Waals surface area contributed by atoms with E-state index in [0.29, 0.717) is 0 Å². The van der Waals surface area contributed by atoms with Crippen LogP contribution in [-0.4, -0.2) is 34.7 Å². The summed E-state index contributed by atoms with van der Waals surface area (Å²) in [7, 11) is 0. The molecule has 0 saturated heterocycles. The lowest BCUT2D eigenvalue weighted by Crippen LogP contribution is -2.19. The van der Waals surface area contributed by atoms with Crippen LogP contribution in [0.1, 0.15) is 11.4 Å². The Balaban J connectivity index is 1.91. The Hall–Kier alpha value is -1.83. The van der Waals surface area contributed by atoms with Crippen LogP contribution in [0, 0.1) is 10.1 Å². The zero-order valence-electron chi connectivity index (χ0n) is 11.5. The topological polar surface area (TPSA) is 88.3 Å². The molecule has 0 unspecified atom stereocenters. The maximum atomic E-state index is 10.6. The van der Waals surface area contributed by atoms with E-state index in [0.717, 1.165) is 42.2 Å². The molecule has 1 aromatic heterocycles. The summed E-state index contributed by atoms with van der Waals surface area (Å²) >= 11 is 1.58. The molecule has 0 radical (unpaired) electrons. The molecule has 2 aromatic rings. The Morgan fingerprint density at radius 1 is 1.29 bits per heavy atom. The lowest BCUT2D eigenvalue weighted by atomic mass is 10.1. The van der Waals surface area contributed by atoms with Crippen molar-refractivity contribution in [2.75, 3.05) is 19.7 Å². The quantitative estimate of drug-likeness (QED) is 0.443. The van der Waals surface area contributed by atoms with Gasteiger partial charge in [-0.15, -0.1) is 11.3 Å². The van der Waals surface area contributed by atoms with Crippen LogP contribution in [0.5, 0.6) is 0 Å². The molecule has 0 bridgehead atoms. The van der Waals surface area contributed by atoms with Gasteiger partial charge >= 0.3 is 0 Å². The van der Waals surface area contributed by atoms with Gasteiger partial charge in [0.15, 0.2) is 0 Å². The molecule has 1 aromatic carbocycles. The molecule has 0 saturated carbocycles. The molecular weight excluding hydrogens is 290 g/mol. The molecule has 0 aliphatic carbocycles. The second kappa shape index (κ2) is 7.82. The SMILES string of the molecule is O=[N+]([O-])c1ccc(-c2csc(CCNCCCO)n2)cc1. The first-order chi connectivity index (χ1) is 10.2. The number of nitrogens with zero attached hydrogens (tertiary/aromatic N) is 2. The summed E-state index contributed by atoms with van der Waals surface area (Å²) in [5, 5.41) is 25.5. The first-order valence-electron chi connectivity index (χ1n) is 6.71. The van der Waals surface area contributed by atoms with E-state index < -0.39 is 4.92 Å². The summed E-state index contributed by atoms with van der Waals surface area (Å²) in [5.74, 6) is 0. The highest BCUT2D eigenvalue weighted by atomic mass is 32.1. The summed E-state index contributed by atoms with van der Waals surface area (Å²) in [6, 6.07) is 6.42. The number of non-ortho nitro benzene ring substituents is 1. The van der Waals surface area contributed by atoms with E-state index in [2.05, 4.69) is 10.3 Å². The highest BCUT2D eigenvalue weighted by Gasteiger charge is 2.08. The molecule has 0 aliphatic heterocycles. The van der Waals surface area contributed by atoms with Crippen LogP contribution in [0.3, 0.4) is 0 Å². The fraction of sp³-hybridized carbons (Fsp3) is 0.357. The normalized spacial score (nSPS) is 10.7. The molecule has 1 heterocycles. The van der Waals surface area contributed by atoms with Gasteiger partial charge < -0.3 is 10.4 Å². The molecule has 21 heavy (non-hydrogen) atoms. The number of benzene rings is 1. The van der Waals surface area contributed by atoms with E-state index >= 15 is 0 Å². The maximum absolute atomic E-state index is 10.6. The summed E-state index contributed by atoms with van der Waals surface area (Å²) < 4.78 is 0. The second-order valence-electron chi connectivity index (χ2n) is 4.51. The lowest BCUT2D eigenvalue weighted by Gasteiger charge is -2.00. The second-order valence-corrected chi connectivity index (χ2v) is 5.45. The molecule has 2 rings (SSSR count). The van der Waals surface area contributed by atoms with Crippen molar-refractivity contribution in [3.05, 3.63) is 44.8 Å². The van der Waals surface area contributed by atoms with Crippen LogP contribution >= 0.6 is 11.3 Å². The molecule has 0 aliphatic rings. The van der Waals surface area contributed by atoms with Gasteiger partial charge in [0, 0.05) is 42.6 Å². The number of nitrogens with one attached hydrogen (secondary N) is 1. The van der Waals surface area contributed by atoms with Gasteiger partial charge in [0.25, 0.3) is 5.69 Å². The number of nitro groups is 1. The van der Waals surface area contributed by atoms with E-state index in [-0.39, 0.29) is 12.3 Å². The number of thiazole rings is 1. The number of aromatic nitrogens is 1. The van der Waals surface area contributed by atoms with Crippen molar-refractivity contribution in [1.29, 1.82) is 0 Å². The fourth-order valence-electron chi connectivity index (χ4n) is 1.84. The predicted molar refractivity (Wildman–Crippen MR) is 82.5 cm³/mol. The zero-order valence-corrected chi connectivity index (χ0v) is 12.3. The van der Waals surface area contributed by atoms with Crippen LogP contribution in [0.15, 0.2) is 29.6 Å². The van der Waals surface area contributed by atoms with E-state index in [4.69, 9.17) is 5.11 Å². The van der Waals surface area contributed by atoms with Gasteiger partial charge in [0.05, 0.1) is 15.6 Å². The highest BCUT2D eigenvalue weighted by molar-refractivity contribution is 7.09. The molecule has 0 atom stereocenters. The van der Waals surface area contributed by atoms with Crippen LogP contribution in [0.4, 0.5) is 5.69 Å². The lowest BCUT2D eigenvalue weighted by molar-refractivity contribution is -0.384. The van der Waals surface area contributed by atoms with Crippen molar-refractivity contribution in [3.63, 3.8) is 0 Å². The predicted octanol–water partition coefficient (Wildman–Crippen LogP) is 2.23. The first kappa shape index (κ1) is 15.6. The minimum Gasteiger partial charge on any atom is -0.396 e. The number of aliphatic hydroxyl groups is 1. The van der Waals surface area contributed by atoms with Crippen LogP contribution < -0.4 is 5.32 Å². The largest absolute Gasteiger partial charge is 0.396 e. The van der Waals surface area contributed by atoms with Crippen LogP contribution in [0.2, 0.25) is 0 Å². The van der Waals surface area contributed by atoms with E-state index in [1.807, 2.05) is 5.38 Å². The van der Waals surface area contributed by atoms with Crippen molar-refractivity contribution in [1.82, 2.24) is 10.3 Å². The molecule has 0 amide bonds. The molecule has 0 fully saturated rings. The van der Waals surface area contributed by atoms with E-state index in [1.54, 1.807) is 23.5 Å². The number of hydrogen-bond donors (Lipinski definition) is 2. The van der Waals surface area contributed by atoms with Gasteiger partial charge in [-0.1, -0.05) is 0 Å². The van der Waals surface area contributed by atoms with Gasteiger partial charge in [-0.3, -0.25) is 10.1 Å². The number of aliphatic hydroxyl groups excluding tert-OH is 1. The molecular formula is C14H17N3O3S. The smallest absolute Gasteiger partial charge is 0.269 e. The Labute approximate surface area is 126 Å². The molecule has 7 heteroatoms. The summed E-state index contributed by atoms with van der Waals surface area (Å²) in [4.78, 5) is 14.7. The third-order valence-electron chi connectivity index (χ3n) is 2.95.